The number of hydrogen-bond acceptors (Lipinski definition) is 7. The van der Waals surface area contributed by atoms with E-state index in [4.69, 9.17) is 10.5 Å². The predicted molar refractivity (Wildman–Crippen MR) is 135 cm³/mol. The zero-order valence-electron chi connectivity index (χ0n) is 19.7. The molecule has 36 heavy (non-hydrogen) atoms. The summed E-state index contributed by atoms with van der Waals surface area (Å²) >= 11 is 0. The van der Waals surface area contributed by atoms with Crippen LogP contribution in [0.3, 0.4) is 0 Å². The molecule has 2 N–H and O–H groups in total. The third-order valence-corrected chi connectivity index (χ3v) is 9.49. The first kappa shape index (κ1) is 23.7. The number of sulfone groups is 1. The third-order valence-electron chi connectivity index (χ3n) is 6.73. The SMILES string of the molecule is CC1(C)[C@H](C(=O)OC(c2ccccc2)c2ccccc2)N2C(=O)/C(=C/c3cc(N)ccn3)C2S1(=O)=O. The summed E-state index contributed by atoms with van der Waals surface area (Å²) in [5, 5.41) is -1.26. The van der Waals surface area contributed by atoms with Crippen LogP contribution in [0.5, 0.6) is 0 Å². The van der Waals surface area contributed by atoms with E-state index in [-0.39, 0.29) is 5.57 Å². The largest absolute Gasteiger partial charge is 0.451 e. The number of carbonyl (C=O) groups excluding carboxylic acids is 2. The third kappa shape index (κ3) is 3.67. The lowest BCUT2D eigenvalue weighted by atomic mass is 9.94. The van der Waals surface area contributed by atoms with Crippen molar-refractivity contribution in [3.63, 3.8) is 0 Å². The second kappa shape index (κ2) is 8.60. The highest BCUT2D eigenvalue weighted by atomic mass is 32.2. The maximum absolute atomic E-state index is 13.6. The standard InChI is InChI=1S/C27H25N3O5S/c1-27(2)23(26(32)35-22(17-9-5-3-6-10-17)18-11-7-4-8-12-18)30-24(31)21(25(30)36(27,33)34)16-20-15-19(28)13-14-29-20/h3-16,22-23,25H,1-2H3,(H2,28,29)/b21-16-/t23-,25?/m0/s1. The molecule has 0 spiro atoms. The number of aromatic nitrogens is 1. The van der Waals surface area contributed by atoms with Crippen LogP contribution >= 0.6 is 0 Å². The van der Waals surface area contributed by atoms with Gasteiger partial charge in [-0.15, -0.1) is 0 Å². The van der Waals surface area contributed by atoms with Crippen molar-refractivity contribution < 1.29 is 22.7 Å². The maximum atomic E-state index is 13.6. The van der Waals surface area contributed by atoms with Crippen molar-refractivity contribution in [2.24, 2.45) is 0 Å². The Balaban J connectivity index is 1.50. The van der Waals surface area contributed by atoms with Crippen LogP contribution < -0.4 is 5.73 Å². The van der Waals surface area contributed by atoms with Gasteiger partial charge in [-0.05, 0) is 43.2 Å². The first-order chi connectivity index (χ1) is 17.1. The molecule has 184 valence electrons. The van der Waals surface area contributed by atoms with E-state index < -0.39 is 44.0 Å². The summed E-state index contributed by atoms with van der Waals surface area (Å²) < 4.78 is 31.5. The maximum Gasteiger partial charge on any atom is 0.331 e. The summed E-state index contributed by atoms with van der Waals surface area (Å²) in [4.78, 5) is 32.1. The van der Waals surface area contributed by atoms with Crippen LogP contribution in [-0.2, 0) is 24.2 Å². The van der Waals surface area contributed by atoms with E-state index in [1.165, 1.54) is 26.1 Å². The normalized spacial score (nSPS) is 22.8. The molecule has 3 heterocycles. The molecule has 9 heteroatoms. The van der Waals surface area contributed by atoms with Crippen LogP contribution in [0.25, 0.3) is 6.08 Å². The molecule has 0 saturated carbocycles. The number of nitrogens with zero attached hydrogens (tertiary/aromatic N) is 2. The Kier molecular flexibility index (Phi) is 5.67. The van der Waals surface area contributed by atoms with Crippen LogP contribution in [0.15, 0.2) is 84.6 Å². The lowest BCUT2D eigenvalue weighted by molar-refractivity contribution is -0.160. The van der Waals surface area contributed by atoms with Gasteiger partial charge in [0.15, 0.2) is 27.4 Å². The molecule has 2 aliphatic heterocycles. The second-order valence-corrected chi connectivity index (χ2v) is 12.0. The minimum absolute atomic E-state index is 0.0548. The topological polar surface area (TPSA) is 120 Å². The van der Waals surface area contributed by atoms with Crippen molar-refractivity contribution in [2.45, 2.75) is 36.1 Å². The Labute approximate surface area is 209 Å². The number of β-lactam (4-membered cyclic amide) rings is 1. The van der Waals surface area contributed by atoms with E-state index in [0.29, 0.717) is 11.4 Å². The van der Waals surface area contributed by atoms with Gasteiger partial charge in [-0.25, -0.2) is 13.2 Å². The quantitative estimate of drug-likeness (QED) is 0.323. The highest BCUT2D eigenvalue weighted by molar-refractivity contribution is 7.94. The number of nitrogens with two attached hydrogens (primary N) is 1. The molecule has 1 aromatic heterocycles. The lowest BCUT2D eigenvalue weighted by Gasteiger charge is -2.38. The van der Waals surface area contributed by atoms with Crippen LogP contribution in [0.2, 0.25) is 0 Å². The first-order valence-electron chi connectivity index (χ1n) is 11.4. The van der Waals surface area contributed by atoms with Crippen molar-refractivity contribution in [1.29, 1.82) is 0 Å². The molecule has 2 aromatic carbocycles. The molecular formula is C27H25N3O5S. The molecule has 1 unspecified atom stereocenters. The number of pyridine rings is 1. The summed E-state index contributed by atoms with van der Waals surface area (Å²) in [5.74, 6) is -1.32. The zero-order chi connectivity index (χ0) is 25.7. The summed E-state index contributed by atoms with van der Waals surface area (Å²) in [6.07, 6.45) is 2.13. The Morgan fingerprint density at radius 1 is 1.06 bits per heavy atom. The smallest absolute Gasteiger partial charge is 0.331 e. The number of anilines is 1. The lowest BCUT2D eigenvalue weighted by Crippen LogP contribution is -2.59. The Morgan fingerprint density at radius 3 is 2.19 bits per heavy atom. The number of rotatable bonds is 5. The van der Waals surface area contributed by atoms with Crippen LogP contribution in [0, 0.1) is 0 Å². The summed E-state index contributed by atoms with van der Waals surface area (Å²) in [6.45, 7) is 2.91. The van der Waals surface area contributed by atoms with E-state index in [0.717, 1.165) is 16.0 Å². The molecule has 1 amide bonds. The number of fused-ring (bicyclic) bond motifs is 1. The number of carbonyl (C=O) groups is 2. The molecule has 2 atom stereocenters. The minimum atomic E-state index is -3.96. The molecule has 0 bridgehead atoms. The average molecular weight is 504 g/mol. The fourth-order valence-electron chi connectivity index (χ4n) is 4.79. The van der Waals surface area contributed by atoms with Crippen LogP contribution in [0.4, 0.5) is 5.69 Å². The van der Waals surface area contributed by atoms with Gasteiger partial charge in [-0.3, -0.25) is 9.78 Å². The van der Waals surface area contributed by atoms with Crippen LogP contribution in [0.1, 0.15) is 36.8 Å². The number of benzene rings is 2. The molecular weight excluding hydrogens is 478 g/mol. The molecule has 2 saturated heterocycles. The van der Waals surface area contributed by atoms with Gasteiger partial charge in [0.2, 0.25) is 0 Å². The second-order valence-electron chi connectivity index (χ2n) is 9.37. The van der Waals surface area contributed by atoms with Crippen molar-refractivity contribution in [2.75, 3.05) is 5.73 Å². The molecule has 8 nitrogen and oxygen atoms in total. The Morgan fingerprint density at radius 2 is 1.64 bits per heavy atom. The van der Waals surface area contributed by atoms with Gasteiger partial charge in [0.1, 0.15) is 4.75 Å². The highest BCUT2D eigenvalue weighted by Crippen LogP contribution is 2.49. The number of hydrogen-bond donors (Lipinski definition) is 1. The van der Waals surface area contributed by atoms with Gasteiger partial charge < -0.3 is 15.4 Å². The minimum Gasteiger partial charge on any atom is -0.451 e. The monoisotopic (exact) mass is 503 g/mol. The van der Waals surface area contributed by atoms with E-state index in [9.17, 15) is 18.0 Å². The number of nitrogen functional groups attached to an aromatic ring is 1. The van der Waals surface area contributed by atoms with Gasteiger partial charge in [0.25, 0.3) is 5.91 Å². The Bertz CT molecular complexity index is 1430. The molecule has 2 fully saturated rings. The molecule has 2 aliphatic rings. The van der Waals surface area contributed by atoms with Gasteiger partial charge >= 0.3 is 5.97 Å². The van der Waals surface area contributed by atoms with Gasteiger partial charge in [0, 0.05) is 11.9 Å². The highest BCUT2D eigenvalue weighted by Gasteiger charge is 2.70. The van der Waals surface area contributed by atoms with Gasteiger partial charge in [-0.1, -0.05) is 60.7 Å². The summed E-state index contributed by atoms with van der Waals surface area (Å²) in [7, 11) is -3.96. The van der Waals surface area contributed by atoms with Crippen molar-refractivity contribution in [1.82, 2.24) is 9.88 Å². The number of ether oxygens (including phenoxy) is 1. The summed E-state index contributed by atoms with van der Waals surface area (Å²) in [6, 6.07) is 20.2. The molecule has 0 aliphatic carbocycles. The molecule has 3 aromatic rings. The van der Waals surface area contributed by atoms with Crippen LogP contribution in [-0.4, -0.2) is 46.3 Å². The van der Waals surface area contributed by atoms with Crippen molar-refractivity contribution >= 4 is 33.5 Å². The van der Waals surface area contributed by atoms with Crippen molar-refractivity contribution in [3.05, 3.63) is 101 Å². The van der Waals surface area contributed by atoms with E-state index in [1.807, 2.05) is 60.7 Å². The number of esters is 1. The molecule has 0 radical (unpaired) electrons. The van der Waals surface area contributed by atoms with E-state index >= 15 is 0 Å². The average Bonchev–Trinajstić information content (AvgIpc) is 3.01. The van der Waals surface area contributed by atoms with Gasteiger partial charge in [-0.2, -0.15) is 0 Å². The number of amides is 1. The van der Waals surface area contributed by atoms with E-state index in [1.54, 1.807) is 12.1 Å². The van der Waals surface area contributed by atoms with E-state index in [2.05, 4.69) is 4.98 Å². The predicted octanol–water partition coefficient (Wildman–Crippen LogP) is 3.12. The zero-order valence-corrected chi connectivity index (χ0v) is 20.6. The summed E-state index contributed by atoms with van der Waals surface area (Å²) in [5.41, 5.74) is 8.11. The fraction of sp³-hybridized carbons (Fsp3) is 0.222. The fourth-order valence-corrected chi connectivity index (χ4v) is 6.91. The van der Waals surface area contributed by atoms with Gasteiger partial charge in [0.05, 0.1) is 11.3 Å². The Hall–Kier alpha value is -3.98. The molecule has 5 rings (SSSR count). The van der Waals surface area contributed by atoms with Crippen molar-refractivity contribution in [3.8, 4) is 0 Å². The first-order valence-corrected chi connectivity index (χ1v) is 13.0.